The van der Waals surface area contributed by atoms with Gasteiger partial charge in [-0.2, -0.15) is 0 Å². The number of aromatic carboxylic acids is 1. The second-order valence-corrected chi connectivity index (χ2v) is 2.17. The zero-order chi connectivity index (χ0) is 9.30. The van der Waals surface area contributed by atoms with Gasteiger partial charge in [-0.3, -0.25) is 0 Å². The molecule has 0 radical (unpaired) electrons. The number of phenols is 3. The van der Waals surface area contributed by atoms with Gasteiger partial charge in [0, 0.05) is 19.5 Å². The van der Waals surface area contributed by atoms with Gasteiger partial charge in [-0.15, -0.1) is 0 Å². The Morgan fingerprint density at radius 1 is 1.13 bits per heavy atom. The van der Waals surface area contributed by atoms with E-state index < -0.39 is 23.2 Å². The van der Waals surface area contributed by atoms with Crippen LogP contribution in [0.3, 0.4) is 0 Å². The molecule has 0 saturated carbocycles. The van der Waals surface area contributed by atoms with E-state index >= 15 is 0 Å². The Bertz CT molecular complexity index is 337. The molecule has 0 heterocycles. The normalized spacial score (nSPS) is 7.73. The topological polar surface area (TPSA) is 98.0 Å². The smallest absolute Gasteiger partial charge is 1.00 e. The second kappa shape index (κ2) is 9.48. The summed E-state index contributed by atoms with van der Waals surface area (Å²) < 4.78 is 0. The molecule has 0 spiro atoms. The van der Waals surface area contributed by atoms with Crippen molar-refractivity contribution in [3.63, 3.8) is 0 Å². The number of hydrogen-bond acceptors (Lipinski definition) is 4. The van der Waals surface area contributed by atoms with Crippen LogP contribution in [0.15, 0.2) is 12.1 Å². The summed E-state index contributed by atoms with van der Waals surface area (Å²) in [6.45, 7) is 0. The standard InChI is InChI=1S/C7H6O5.Ca.Sr.Zn.4H/c8-4-1-3(7(11)12)2-5(9)6(4)10;;;;;;;/h1-2,8-10H,(H,11,12);;;;;;;/q;2*+2;;4*-1. The van der Waals surface area contributed by atoms with Crippen molar-refractivity contribution in [3.8, 4) is 17.2 Å². The number of rotatable bonds is 1. The summed E-state index contributed by atoms with van der Waals surface area (Å²) in [5.74, 6) is -3.33. The van der Waals surface area contributed by atoms with Crippen LogP contribution in [0, 0.1) is 0 Å². The minimum Gasteiger partial charge on any atom is -1.00 e. The maximum absolute atomic E-state index is 10.3. The molecule has 74 valence electrons. The molecule has 0 fully saturated rings. The van der Waals surface area contributed by atoms with Crippen LogP contribution >= 0.6 is 0 Å². The second-order valence-electron chi connectivity index (χ2n) is 2.17. The van der Waals surface area contributed by atoms with Gasteiger partial charge in [0.15, 0.2) is 17.2 Å². The molecule has 0 saturated heterocycles. The summed E-state index contributed by atoms with van der Waals surface area (Å²) in [5, 5.41) is 35.0. The molecule has 0 atom stereocenters. The Morgan fingerprint density at radius 3 is 1.73 bits per heavy atom. The fraction of sp³-hybridized carbons (Fsp3) is 0. The molecular weight excluding hydrogens is 357 g/mol. The number of carbonyl (C=O) groups is 1. The molecule has 1 rings (SSSR count). The predicted molar refractivity (Wildman–Crippen MR) is 54.4 cm³/mol. The maximum Gasteiger partial charge on any atom is 2.00 e. The molecule has 5 nitrogen and oxygen atoms in total. The van der Waals surface area contributed by atoms with Crippen LogP contribution in [0.2, 0.25) is 0 Å². The number of phenolic OH excluding ortho intramolecular Hbond substituents is 3. The Kier molecular flexibility index (Phi) is 13.7. The molecule has 0 aromatic heterocycles. The number of carboxylic acids is 1. The molecule has 0 aliphatic rings. The van der Waals surface area contributed by atoms with Crippen molar-refractivity contribution < 1.29 is 50.4 Å². The van der Waals surface area contributed by atoms with Crippen LogP contribution in [0.5, 0.6) is 17.2 Å². The van der Waals surface area contributed by atoms with Crippen molar-refractivity contribution in [3.05, 3.63) is 17.7 Å². The van der Waals surface area contributed by atoms with Gasteiger partial charge in [0.1, 0.15) is 0 Å². The van der Waals surface area contributed by atoms with Crippen LogP contribution < -0.4 is 0 Å². The van der Waals surface area contributed by atoms with Crippen molar-refractivity contribution >= 4 is 89.2 Å². The van der Waals surface area contributed by atoms with E-state index in [0.29, 0.717) is 0 Å². The van der Waals surface area contributed by atoms with Gasteiger partial charge in [0.2, 0.25) is 0 Å². The number of aromatic hydroxyl groups is 3. The molecule has 0 amide bonds. The zero-order valence-corrected chi connectivity index (χ0v) is 16.6. The largest absolute Gasteiger partial charge is 2.00 e. The van der Waals surface area contributed by atoms with Gasteiger partial charge in [-0.05, 0) is 12.1 Å². The van der Waals surface area contributed by atoms with Crippen molar-refractivity contribution in [2.75, 3.05) is 0 Å². The molecule has 0 unspecified atom stereocenters. The average Bonchev–Trinajstić information content (AvgIpc) is 1.99. The molecule has 1 aromatic rings. The maximum atomic E-state index is 10.3. The molecule has 8 heteroatoms. The quantitative estimate of drug-likeness (QED) is 0.420. The molecule has 15 heavy (non-hydrogen) atoms. The zero-order valence-electron chi connectivity index (χ0n) is 12.0. The van der Waals surface area contributed by atoms with E-state index in [4.69, 9.17) is 20.4 Å². The van der Waals surface area contributed by atoms with E-state index in [1.165, 1.54) is 0 Å². The van der Waals surface area contributed by atoms with E-state index in [1.807, 2.05) is 0 Å². The minimum atomic E-state index is -1.29. The van der Waals surface area contributed by atoms with Gasteiger partial charge in [0.25, 0.3) is 0 Å². The third-order valence-electron chi connectivity index (χ3n) is 1.32. The summed E-state index contributed by atoms with van der Waals surface area (Å²) in [5.41, 5.74) is -0.289. The van der Waals surface area contributed by atoms with Crippen LogP contribution in [-0.2, 0) is 19.5 Å². The monoisotopic (exact) mass is 366 g/mol. The summed E-state index contributed by atoms with van der Waals surface area (Å²) in [6.07, 6.45) is 0. The summed E-state index contributed by atoms with van der Waals surface area (Å²) in [6, 6.07) is 1.69. The first-order valence-electron chi connectivity index (χ1n) is 3.00. The van der Waals surface area contributed by atoms with Crippen molar-refractivity contribution in [1.82, 2.24) is 0 Å². The Labute approximate surface area is 171 Å². The molecule has 0 bridgehead atoms. The molecule has 4 N–H and O–H groups in total. The van der Waals surface area contributed by atoms with E-state index in [1.54, 1.807) is 0 Å². The Hall–Kier alpha value is 1.45. The van der Waals surface area contributed by atoms with Gasteiger partial charge in [0.05, 0.1) is 5.56 Å². The van der Waals surface area contributed by atoms with Crippen LogP contribution in [-0.4, -0.2) is 110 Å². The SMILES string of the molecule is O=C(O)c1cc(O)c(O)c(O)c1.[Ca+2].[H-].[H-].[H-].[H-].[Sr+2].[Zn]. The van der Waals surface area contributed by atoms with E-state index in [-0.39, 0.29) is 114 Å². The van der Waals surface area contributed by atoms with Crippen LogP contribution in [0.4, 0.5) is 0 Å². The van der Waals surface area contributed by atoms with Gasteiger partial charge < -0.3 is 26.1 Å². The number of carboxylic acid groups (broad SMARTS) is 1. The van der Waals surface area contributed by atoms with Gasteiger partial charge >= 0.3 is 89.2 Å². The first kappa shape index (κ1) is 21.7. The van der Waals surface area contributed by atoms with Gasteiger partial charge in [-0.1, -0.05) is 0 Å². The van der Waals surface area contributed by atoms with E-state index in [2.05, 4.69) is 0 Å². The first-order valence-corrected chi connectivity index (χ1v) is 3.00. The molecule has 0 aliphatic carbocycles. The van der Waals surface area contributed by atoms with E-state index in [0.717, 1.165) is 12.1 Å². The predicted octanol–water partition coefficient (Wildman–Crippen LogP) is 0.187. The third kappa shape index (κ3) is 6.08. The number of benzene rings is 1. The van der Waals surface area contributed by atoms with Crippen molar-refractivity contribution in [2.24, 2.45) is 0 Å². The van der Waals surface area contributed by atoms with Gasteiger partial charge in [-0.25, -0.2) is 4.79 Å². The Morgan fingerprint density at radius 2 is 1.47 bits per heavy atom. The summed E-state index contributed by atoms with van der Waals surface area (Å²) in [7, 11) is 0. The number of hydrogen-bond donors (Lipinski definition) is 4. The van der Waals surface area contributed by atoms with Crippen LogP contribution in [0.25, 0.3) is 0 Å². The minimum absolute atomic E-state index is 0. The van der Waals surface area contributed by atoms with Crippen molar-refractivity contribution in [1.29, 1.82) is 0 Å². The first-order chi connectivity index (χ1) is 5.52. The summed E-state index contributed by atoms with van der Waals surface area (Å²) in [4.78, 5) is 10.3. The fourth-order valence-electron chi connectivity index (χ4n) is 0.728. The molecule has 0 aliphatic heterocycles. The third-order valence-corrected chi connectivity index (χ3v) is 1.32. The van der Waals surface area contributed by atoms with Crippen LogP contribution in [0.1, 0.15) is 16.1 Å². The average molecular weight is 367 g/mol. The molecule has 1 aromatic carbocycles. The fourth-order valence-corrected chi connectivity index (χ4v) is 0.728. The summed E-state index contributed by atoms with van der Waals surface area (Å²) >= 11 is 0. The van der Waals surface area contributed by atoms with Crippen molar-refractivity contribution in [2.45, 2.75) is 0 Å². The Balaban J connectivity index is -0.0000000411. The molecular formula is C7H10CaO5SrZn. The van der Waals surface area contributed by atoms with E-state index in [9.17, 15) is 4.79 Å².